The molecule has 0 aliphatic carbocycles. The molecule has 0 amide bonds. The van der Waals surface area contributed by atoms with Crippen LogP contribution in [0.3, 0.4) is 0 Å². The quantitative estimate of drug-likeness (QED) is 0.700. The highest BCUT2D eigenvalue weighted by Crippen LogP contribution is 2.31. The number of hydrogen-bond acceptors (Lipinski definition) is 3. The summed E-state index contributed by atoms with van der Waals surface area (Å²) in [6.45, 7) is 0.558. The normalized spacial score (nSPS) is 12.6. The minimum atomic E-state index is 0.547. The molecule has 23 heavy (non-hydrogen) atoms. The second kappa shape index (κ2) is 5.80. The second-order valence-corrected chi connectivity index (χ2v) is 6.14. The predicted octanol–water partition coefficient (Wildman–Crippen LogP) is 4.56. The number of hydrogen-bond donors (Lipinski definition) is 0. The lowest BCUT2D eigenvalue weighted by atomic mass is 10.1. The van der Waals surface area contributed by atoms with Crippen LogP contribution in [0.5, 0.6) is 0 Å². The Morgan fingerprint density at radius 3 is 2.96 bits per heavy atom. The van der Waals surface area contributed by atoms with Gasteiger partial charge in [0.1, 0.15) is 6.33 Å². The molecule has 1 aliphatic rings. The molecule has 0 saturated carbocycles. The van der Waals surface area contributed by atoms with Crippen molar-refractivity contribution >= 4 is 35.1 Å². The second-order valence-electron chi connectivity index (χ2n) is 5.35. The zero-order valence-corrected chi connectivity index (χ0v) is 13.6. The third-order valence-corrected chi connectivity index (χ3v) is 4.73. The molecule has 1 aliphatic heterocycles. The van der Waals surface area contributed by atoms with Gasteiger partial charge in [0, 0.05) is 18.2 Å². The minimum Gasteiger partial charge on any atom is -0.309 e. The topological polar surface area (TPSA) is 43.1 Å². The van der Waals surface area contributed by atoms with Gasteiger partial charge in [-0.15, -0.1) is 10.2 Å². The lowest BCUT2D eigenvalue weighted by molar-refractivity contribution is 0.803. The van der Waals surface area contributed by atoms with Gasteiger partial charge in [-0.2, -0.15) is 0 Å². The fourth-order valence-corrected chi connectivity index (χ4v) is 3.07. The first-order valence-corrected chi connectivity index (χ1v) is 7.94. The Kier molecular flexibility index (Phi) is 3.63. The number of rotatable bonds is 3. The van der Waals surface area contributed by atoms with Crippen LogP contribution in [-0.4, -0.2) is 21.0 Å². The summed E-state index contributed by atoms with van der Waals surface area (Å²) >= 11 is 12.4. The molecule has 0 unspecified atom stereocenters. The van der Waals surface area contributed by atoms with Crippen molar-refractivity contribution in [1.82, 2.24) is 14.8 Å². The van der Waals surface area contributed by atoms with E-state index >= 15 is 0 Å². The van der Waals surface area contributed by atoms with Crippen molar-refractivity contribution in [3.63, 3.8) is 0 Å². The van der Waals surface area contributed by atoms with Crippen molar-refractivity contribution in [2.45, 2.75) is 13.0 Å². The maximum Gasteiger partial charge on any atom is 0.164 e. The highest BCUT2D eigenvalue weighted by atomic mass is 35.5. The largest absolute Gasteiger partial charge is 0.309 e. The standard InChI is InChI=1S/C17H12Cl2N4/c18-14-3-1-2-13(16(14)19)9-23-10-21-22-17(23)12-5-4-11-6-7-20-15(11)8-12/h1-5,7-8,10H,6,9H2. The van der Waals surface area contributed by atoms with Crippen LogP contribution in [0.25, 0.3) is 11.4 Å². The van der Waals surface area contributed by atoms with Gasteiger partial charge in [0.25, 0.3) is 0 Å². The summed E-state index contributed by atoms with van der Waals surface area (Å²) in [4.78, 5) is 4.39. The summed E-state index contributed by atoms with van der Waals surface area (Å²) in [7, 11) is 0. The lowest BCUT2D eigenvalue weighted by Crippen LogP contribution is -2.02. The van der Waals surface area contributed by atoms with E-state index in [0.717, 1.165) is 29.1 Å². The van der Waals surface area contributed by atoms with Crippen LogP contribution in [0.4, 0.5) is 5.69 Å². The van der Waals surface area contributed by atoms with E-state index in [1.165, 1.54) is 5.56 Å². The van der Waals surface area contributed by atoms with Gasteiger partial charge < -0.3 is 4.57 Å². The summed E-state index contributed by atoms with van der Waals surface area (Å²) < 4.78 is 1.96. The van der Waals surface area contributed by atoms with Crippen LogP contribution in [0.2, 0.25) is 10.0 Å². The summed E-state index contributed by atoms with van der Waals surface area (Å²) in [5, 5.41) is 9.39. The van der Waals surface area contributed by atoms with E-state index in [1.54, 1.807) is 12.4 Å². The van der Waals surface area contributed by atoms with Crippen molar-refractivity contribution in [2.24, 2.45) is 4.99 Å². The average molecular weight is 343 g/mol. The smallest absolute Gasteiger partial charge is 0.164 e. The minimum absolute atomic E-state index is 0.547. The van der Waals surface area contributed by atoms with Crippen LogP contribution in [0, 0.1) is 0 Å². The van der Waals surface area contributed by atoms with Crippen molar-refractivity contribution in [1.29, 1.82) is 0 Å². The molecule has 0 N–H and O–H groups in total. The Labute approximate surface area is 143 Å². The Bertz CT molecular complexity index is 915. The Morgan fingerprint density at radius 1 is 1.13 bits per heavy atom. The molecule has 0 saturated heterocycles. The first-order valence-electron chi connectivity index (χ1n) is 7.19. The highest BCUT2D eigenvalue weighted by Gasteiger charge is 2.13. The first kappa shape index (κ1) is 14.4. The lowest BCUT2D eigenvalue weighted by Gasteiger charge is -2.10. The molecule has 4 rings (SSSR count). The number of fused-ring (bicyclic) bond motifs is 1. The van der Waals surface area contributed by atoms with Crippen molar-refractivity contribution < 1.29 is 0 Å². The summed E-state index contributed by atoms with van der Waals surface area (Å²) in [6, 6.07) is 11.8. The molecular weight excluding hydrogens is 331 g/mol. The first-order chi connectivity index (χ1) is 11.2. The molecule has 0 bridgehead atoms. The van der Waals surface area contributed by atoms with E-state index in [0.29, 0.717) is 16.6 Å². The fourth-order valence-electron chi connectivity index (χ4n) is 2.69. The van der Waals surface area contributed by atoms with E-state index < -0.39 is 0 Å². The highest BCUT2D eigenvalue weighted by molar-refractivity contribution is 6.42. The van der Waals surface area contributed by atoms with E-state index in [2.05, 4.69) is 21.3 Å². The summed E-state index contributed by atoms with van der Waals surface area (Å²) in [5.74, 6) is 0.783. The van der Waals surface area contributed by atoms with E-state index in [4.69, 9.17) is 23.2 Å². The molecule has 0 fully saturated rings. The van der Waals surface area contributed by atoms with E-state index in [9.17, 15) is 0 Å². The molecule has 2 aromatic carbocycles. The van der Waals surface area contributed by atoms with Crippen molar-refractivity contribution in [3.05, 3.63) is 63.9 Å². The van der Waals surface area contributed by atoms with Gasteiger partial charge in [-0.1, -0.05) is 47.5 Å². The number of benzene rings is 2. The van der Waals surface area contributed by atoms with Crippen LogP contribution < -0.4 is 0 Å². The predicted molar refractivity (Wildman–Crippen MR) is 92.9 cm³/mol. The van der Waals surface area contributed by atoms with Crippen LogP contribution in [0.1, 0.15) is 11.1 Å². The molecule has 6 heteroatoms. The third kappa shape index (κ3) is 2.64. The molecule has 0 atom stereocenters. The Hall–Kier alpha value is -2.17. The summed E-state index contributed by atoms with van der Waals surface area (Å²) in [5.41, 5.74) is 4.15. The number of nitrogens with zero attached hydrogens (tertiary/aromatic N) is 4. The van der Waals surface area contributed by atoms with Crippen LogP contribution >= 0.6 is 23.2 Å². The Balaban J connectivity index is 1.71. The molecule has 114 valence electrons. The number of aliphatic imine (C=N–C) groups is 1. The van der Waals surface area contributed by atoms with Crippen molar-refractivity contribution in [2.75, 3.05) is 0 Å². The van der Waals surface area contributed by atoms with Crippen LogP contribution in [0.15, 0.2) is 47.7 Å². The van der Waals surface area contributed by atoms with Gasteiger partial charge in [-0.05, 0) is 23.3 Å². The number of aromatic nitrogens is 3. The maximum atomic E-state index is 6.28. The SMILES string of the molecule is Clc1cccc(Cn2cnnc2-c2ccc3c(c2)N=CC3)c1Cl. The van der Waals surface area contributed by atoms with Gasteiger partial charge in [0.15, 0.2) is 5.82 Å². The fraction of sp³-hybridized carbons (Fsp3) is 0.118. The Morgan fingerprint density at radius 2 is 2.04 bits per heavy atom. The zero-order chi connectivity index (χ0) is 15.8. The molecule has 4 nitrogen and oxygen atoms in total. The van der Waals surface area contributed by atoms with E-state index in [-0.39, 0.29) is 0 Å². The van der Waals surface area contributed by atoms with Crippen molar-refractivity contribution in [3.8, 4) is 11.4 Å². The van der Waals surface area contributed by atoms with Gasteiger partial charge in [-0.3, -0.25) is 4.99 Å². The monoisotopic (exact) mass is 342 g/mol. The molecule has 2 heterocycles. The molecule has 0 radical (unpaired) electrons. The van der Waals surface area contributed by atoms with Gasteiger partial charge >= 0.3 is 0 Å². The van der Waals surface area contributed by atoms with E-state index in [1.807, 2.05) is 35.0 Å². The summed E-state index contributed by atoms with van der Waals surface area (Å²) in [6.07, 6.45) is 4.51. The van der Waals surface area contributed by atoms with Gasteiger partial charge in [0.2, 0.25) is 0 Å². The molecule has 1 aromatic heterocycles. The maximum absolute atomic E-state index is 6.28. The molecule has 0 spiro atoms. The zero-order valence-electron chi connectivity index (χ0n) is 12.1. The van der Waals surface area contributed by atoms with Gasteiger partial charge in [-0.25, -0.2) is 0 Å². The molecule has 3 aromatic rings. The number of halogens is 2. The third-order valence-electron chi connectivity index (χ3n) is 3.87. The van der Waals surface area contributed by atoms with Crippen LogP contribution in [-0.2, 0) is 13.0 Å². The van der Waals surface area contributed by atoms with Gasteiger partial charge in [0.05, 0.1) is 22.3 Å². The average Bonchev–Trinajstić information content (AvgIpc) is 3.20. The molecular formula is C17H12Cl2N4.